The average molecular weight is 263 g/mol. The van der Waals surface area contributed by atoms with E-state index in [2.05, 4.69) is 20.8 Å². The Balaban J connectivity index is 2.77. The second-order valence-electron chi connectivity index (χ2n) is 5.92. The van der Waals surface area contributed by atoms with E-state index >= 15 is 0 Å². The van der Waals surface area contributed by atoms with Crippen molar-refractivity contribution in [3.05, 3.63) is 35.4 Å². The summed E-state index contributed by atoms with van der Waals surface area (Å²) in [6, 6.07) is 6.13. The van der Waals surface area contributed by atoms with Gasteiger partial charge < -0.3 is 10.0 Å². The van der Waals surface area contributed by atoms with Crippen LogP contribution in [0.2, 0.25) is 0 Å². The summed E-state index contributed by atoms with van der Waals surface area (Å²) in [6.07, 6.45) is 0.897. The summed E-state index contributed by atoms with van der Waals surface area (Å²) < 4.78 is 0. The van der Waals surface area contributed by atoms with Crippen molar-refractivity contribution in [1.29, 1.82) is 0 Å². The highest BCUT2D eigenvalue weighted by Gasteiger charge is 2.16. The second kappa shape index (κ2) is 5.87. The van der Waals surface area contributed by atoms with Crippen molar-refractivity contribution < 1.29 is 14.7 Å². The molecule has 1 N–H and O–H groups in total. The monoisotopic (exact) mass is 263 g/mol. The first-order chi connectivity index (χ1) is 8.70. The Morgan fingerprint density at radius 2 is 1.79 bits per heavy atom. The Bertz CT molecular complexity index is 475. The third kappa shape index (κ3) is 4.73. The topological polar surface area (TPSA) is 57.6 Å². The van der Waals surface area contributed by atoms with Crippen molar-refractivity contribution in [1.82, 2.24) is 4.90 Å². The standard InChI is InChI=1S/C15H21NO3/c1-15(2,3)8-9-16(4)13(17)11-6-5-7-12(10-11)14(18)19/h5-7,10H,8-9H2,1-4H3,(H,18,19). The van der Waals surface area contributed by atoms with E-state index in [1.165, 1.54) is 12.1 Å². The normalized spacial score (nSPS) is 11.2. The molecule has 0 aliphatic carbocycles. The van der Waals surface area contributed by atoms with Gasteiger partial charge in [0.15, 0.2) is 0 Å². The summed E-state index contributed by atoms with van der Waals surface area (Å²) in [5.74, 6) is -1.17. The fourth-order valence-electron chi connectivity index (χ4n) is 1.61. The van der Waals surface area contributed by atoms with Gasteiger partial charge in [-0.1, -0.05) is 26.8 Å². The van der Waals surface area contributed by atoms with Gasteiger partial charge in [0, 0.05) is 19.2 Å². The fourth-order valence-corrected chi connectivity index (χ4v) is 1.61. The zero-order valence-corrected chi connectivity index (χ0v) is 11.9. The lowest BCUT2D eigenvalue weighted by Gasteiger charge is -2.23. The van der Waals surface area contributed by atoms with Crippen LogP contribution in [0.15, 0.2) is 24.3 Å². The first kappa shape index (κ1) is 15.2. The molecule has 0 heterocycles. The number of rotatable bonds is 4. The van der Waals surface area contributed by atoms with Gasteiger partial charge in [0.2, 0.25) is 0 Å². The highest BCUT2D eigenvalue weighted by molar-refractivity contribution is 5.97. The van der Waals surface area contributed by atoms with Crippen LogP contribution in [0.3, 0.4) is 0 Å². The van der Waals surface area contributed by atoms with Crippen LogP contribution in [0.1, 0.15) is 47.9 Å². The third-order valence-electron chi connectivity index (χ3n) is 2.90. The maximum absolute atomic E-state index is 12.2. The Labute approximate surface area is 114 Å². The van der Waals surface area contributed by atoms with Crippen LogP contribution >= 0.6 is 0 Å². The molecular formula is C15H21NO3. The smallest absolute Gasteiger partial charge is 0.335 e. The molecule has 0 radical (unpaired) electrons. The van der Waals surface area contributed by atoms with Gasteiger partial charge in [-0.15, -0.1) is 0 Å². The molecule has 104 valence electrons. The second-order valence-corrected chi connectivity index (χ2v) is 5.92. The van der Waals surface area contributed by atoms with Gasteiger partial charge in [-0.2, -0.15) is 0 Å². The summed E-state index contributed by atoms with van der Waals surface area (Å²) >= 11 is 0. The number of carboxylic acids is 1. The lowest BCUT2D eigenvalue weighted by molar-refractivity contribution is 0.0697. The summed E-state index contributed by atoms with van der Waals surface area (Å²) in [4.78, 5) is 24.7. The van der Waals surface area contributed by atoms with E-state index < -0.39 is 5.97 Å². The number of nitrogens with zero attached hydrogens (tertiary/aromatic N) is 1. The average Bonchev–Trinajstić information content (AvgIpc) is 2.34. The number of carbonyl (C=O) groups excluding carboxylic acids is 1. The van der Waals surface area contributed by atoms with Gasteiger partial charge in [-0.05, 0) is 30.0 Å². The minimum atomic E-state index is -1.02. The van der Waals surface area contributed by atoms with Gasteiger partial charge in [0.25, 0.3) is 5.91 Å². The largest absolute Gasteiger partial charge is 0.478 e. The first-order valence-corrected chi connectivity index (χ1v) is 6.29. The molecule has 0 unspecified atom stereocenters. The molecule has 0 atom stereocenters. The van der Waals surface area contributed by atoms with Crippen LogP contribution in [-0.2, 0) is 0 Å². The van der Waals surface area contributed by atoms with E-state index in [-0.39, 0.29) is 16.9 Å². The van der Waals surface area contributed by atoms with Crippen molar-refractivity contribution in [3.8, 4) is 0 Å². The molecule has 4 nitrogen and oxygen atoms in total. The molecular weight excluding hydrogens is 242 g/mol. The minimum Gasteiger partial charge on any atom is -0.478 e. The molecule has 4 heteroatoms. The van der Waals surface area contributed by atoms with Crippen LogP contribution in [0.4, 0.5) is 0 Å². The predicted molar refractivity (Wildman–Crippen MR) is 74.4 cm³/mol. The number of hydrogen-bond donors (Lipinski definition) is 1. The van der Waals surface area contributed by atoms with Gasteiger partial charge in [0.05, 0.1) is 5.56 Å². The van der Waals surface area contributed by atoms with Crippen LogP contribution in [0.5, 0.6) is 0 Å². The van der Waals surface area contributed by atoms with Gasteiger partial charge in [-0.3, -0.25) is 4.79 Å². The van der Waals surface area contributed by atoms with Gasteiger partial charge in [0.1, 0.15) is 0 Å². The molecule has 1 aromatic rings. The number of carboxylic acid groups (broad SMARTS) is 1. The Hall–Kier alpha value is -1.84. The summed E-state index contributed by atoms with van der Waals surface area (Å²) in [6.45, 7) is 7.02. The van der Waals surface area contributed by atoms with Gasteiger partial charge in [-0.25, -0.2) is 4.79 Å². The van der Waals surface area contributed by atoms with Crippen LogP contribution < -0.4 is 0 Å². The third-order valence-corrected chi connectivity index (χ3v) is 2.90. The number of aromatic carboxylic acids is 1. The molecule has 19 heavy (non-hydrogen) atoms. The molecule has 1 aromatic carbocycles. The van der Waals surface area contributed by atoms with Crippen molar-refractivity contribution in [2.75, 3.05) is 13.6 Å². The van der Waals surface area contributed by atoms with E-state index in [1.54, 1.807) is 24.1 Å². The van der Waals surface area contributed by atoms with E-state index in [0.717, 1.165) is 6.42 Å². The van der Waals surface area contributed by atoms with E-state index in [0.29, 0.717) is 12.1 Å². The maximum atomic E-state index is 12.2. The minimum absolute atomic E-state index is 0.134. The number of hydrogen-bond acceptors (Lipinski definition) is 2. The predicted octanol–water partition coefficient (Wildman–Crippen LogP) is 2.89. The molecule has 0 aliphatic rings. The molecule has 0 fully saturated rings. The first-order valence-electron chi connectivity index (χ1n) is 6.29. The van der Waals surface area contributed by atoms with Crippen LogP contribution in [0.25, 0.3) is 0 Å². The van der Waals surface area contributed by atoms with E-state index in [4.69, 9.17) is 5.11 Å². The quantitative estimate of drug-likeness (QED) is 0.908. The van der Waals surface area contributed by atoms with Crippen molar-refractivity contribution in [2.24, 2.45) is 5.41 Å². The molecule has 0 bridgehead atoms. The zero-order valence-electron chi connectivity index (χ0n) is 11.9. The van der Waals surface area contributed by atoms with Crippen molar-refractivity contribution in [3.63, 3.8) is 0 Å². The summed E-state index contributed by atoms with van der Waals surface area (Å²) in [7, 11) is 1.74. The highest BCUT2D eigenvalue weighted by atomic mass is 16.4. The maximum Gasteiger partial charge on any atom is 0.335 e. The molecule has 0 saturated carbocycles. The summed E-state index contributed by atoms with van der Waals surface area (Å²) in [5, 5.41) is 8.91. The highest BCUT2D eigenvalue weighted by Crippen LogP contribution is 2.19. The molecule has 1 amide bonds. The van der Waals surface area contributed by atoms with E-state index in [9.17, 15) is 9.59 Å². The molecule has 0 aromatic heterocycles. The van der Waals surface area contributed by atoms with Crippen LogP contribution in [-0.4, -0.2) is 35.5 Å². The number of carbonyl (C=O) groups is 2. The molecule has 0 saturated heterocycles. The Morgan fingerprint density at radius 3 is 2.32 bits per heavy atom. The van der Waals surface area contributed by atoms with E-state index in [1.807, 2.05) is 0 Å². The Morgan fingerprint density at radius 1 is 1.21 bits per heavy atom. The lowest BCUT2D eigenvalue weighted by atomic mass is 9.92. The zero-order chi connectivity index (χ0) is 14.6. The summed E-state index contributed by atoms with van der Waals surface area (Å²) in [5.41, 5.74) is 0.712. The molecule has 1 rings (SSSR count). The molecule has 0 aliphatic heterocycles. The SMILES string of the molecule is CN(CCC(C)(C)C)C(=O)c1cccc(C(=O)O)c1. The number of amides is 1. The molecule has 0 spiro atoms. The fraction of sp³-hybridized carbons (Fsp3) is 0.467. The number of benzene rings is 1. The van der Waals surface area contributed by atoms with Gasteiger partial charge >= 0.3 is 5.97 Å². The van der Waals surface area contributed by atoms with Crippen LogP contribution in [0, 0.1) is 5.41 Å². The van der Waals surface area contributed by atoms with Crippen molar-refractivity contribution in [2.45, 2.75) is 27.2 Å². The lowest BCUT2D eigenvalue weighted by Crippen LogP contribution is -2.30. The Kier molecular flexibility index (Phi) is 4.70. The van der Waals surface area contributed by atoms with Crippen molar-refractivity contribution >= 4 is 11.9 Å².